The second-order valence-electron chi connectivity index (χ2n) is 5.36. The molecule has 1 saturated heterocycles. The minimum absolute atomic E-state index is 0.159. The van der Waals surface area contributed by atoms with Crippen LogP contribution in [-0.2, 0) is 9.59 Å². The smallest absolute Gasteiger partial charge is 0.293 e. The van der Waals surface area contributed by atoms with Crippen LogP contribution < -0.4 is 5.32 Å². The molecule has 1 aliphatic heterocycles. The van der Waals surface area contributed by atoms with Gasteiger partial charge in [0.2, 0.25) is 0 Å². The average Bonchev–Trinajstić information content (AvgIpc) is 2.90. The molecule has 0 spiro atoms. The second kappa shape index (κ2) is 6.37. The SMILES string of the molecule is O=C1N[C@H](c2cccc([N+](=O)[O-])c2)C(=C(O)c2ccc(Cl)cc2)C1=O. The van der Waals surface area contributed by atoms with E-state index < -0.39 is 22.7 Å². The highest BCUT2D eigenvalue weighted by molar-refractivity contribution is 6.46. The molecule has 7 nitrogen and oxygen atoms in total. The van der Waals surface area contributed by atoms with Crippen LogP contribution in [0, 0.1) is 10.1 Å². The predicted octanol–water partition coefficient (Wildman–Crippen LogP) is 2.96. The van der Waals surface area contributed by atoms with Crippen molar-refractivity contribution in [1.29, 1.82) is 0 Å². The maximum Gasteiger partial charge on any atom is 0.293 e. The molecule has 0 aliphatic carbocycles. The lowest BCUT2D eigenvalue weighted by Gasteiger charge is -2.13. The van der Waals surface area contributed by atoms with Gasteiger partial charge in [-0.25, -0.2) is 0 Å². The third-order valence-electron chi connectivity index (χ3n) is 3.80. The van der Waals surface area contributed by atoms with Crippen molar-refractivity contribution in [3.05, 3.63) is 80.4 Å². The van der Waals surface area contributed by atoms with E-state index in [-0.39, 0.29) is 17.0 Å². The molecule has 2 aromatic rings. The summed E-state index contributed by atoms with van der Waals surface area (Å²) in [5.41, 5.74) is 0.285. The number of benzene rings is 2. The molecule has 0 saturated carbocycles. The molecular weight excluding hydrogens is 348 g/mol. The number of carbonyl (C=O) groups excluding carboxylic acids is 2. The number of hydrogen-bond acceptors (Lipinski definition) is 5. The summed E-state index contributed by atoms with van der Waals surface area (Å²) in [5.74, 6) is -2.15. The Morgan fingerprint density at radius 1 is 1.16 bits per heavy atom. The zero-order valence-electron chi connectivity index (χ0n) is 12.6. The number of ketones is 1. The van der Waals surface area contributed by atoms with Crippen LogP contribution >= 0.6 is 11.6 Å². The van der Waals surface area contributed by atoms with E-state index in [1.54, 1.807) is 0 Å². The van der Waals surface area contributed by atoms with Crippen molar-refractivity contribution < 1.29 is 19.6 Å². The van der Waals surface area contributed by atoms with Gasteiger partial charge < -0.3 is 10.4 Å². The van der Waals surface area contributed by atoms with E-state index in [9.17, 15) is 24.8 Å². The topological polar surface area (TPSA) is 110 Å². The number of rotatable bonds is 3. The second-order valence-corrected chi connectivity index (χ2v) is 5.79. The Labute approximate surface area is 146 Å². The van der Waals surface area contributed by atoms with Crippen LogP contribution in [-0.4, -0.2) is 21.7 Å². The zero-order chi connectivity index (χ0) is 18.1. The molecule has 0 radical (unpaired) electrons. The lowest BCUT2D eigenvalue weighted by molar-refractivity contribution is -0.384. The van der Waals surface area contributed by atoms with Gasteiger partial charge in [0.15, 0.2) is 0 Å². The fraction of sp³-hybridized carbons (Fsp3) is 0.0588. The first-order valence-corrected chi connectivity index (χ1v) is 7.55. The van der Waals surface area contributed by atoms with E-state index in [1.807, 2.05) is 0 Å². The summed E-state index contributed by atoms with van der Waals surface area (Å²) in [6.07, 6.45) is 0. The minimum atomic E-state index is -0.976. The van der Waals surface area contributed by atoms with E-state index in [4.69, 9.17) is 11.6 Å². The molecule has 1 heterocycles. The number of nitro groups is 1. The first-order valence-electron chi connectivity index (χ1n) is 7.17. The Hall–Kier alpha value is -3.19. The Kier molecular flexibility index (Phi) is 4.24. The van der Waals surface area contributed by atoms with Crippen LogP contribution in [0.25, 0.3) is 5.76 Å². The van der Waals surface area contributed by atoms with Crippen LogP contribution in [0.2, 0.25) is 5.02 Å². The van der Waals surface area contributed by atoms with E-state index in [1.165, 1.54) is 48.5 Å². The normalized spacial score (nSPS) is 18.8. The zero-order valence-corrected chi connectivity index (χ0v) is 13.4. The van der Waals surface area contributed by atoms with Crippen LogP contribution in [0.1, 0.15) is 17.2 Å². The van der Waals surface area contributed by atoms with Crippen LogP contribution in [0.4, 0.5) is 5.69 Å². The van der Waals surface area contributed by atoms with Gasteiger partial charge in [-0.15, -0.1) is 0 Å². The fourth-order valence-corrected chi connectivity index (χ4v) is 2.72. The monoisotopic (exact) mass is 358 g/mol. The number of nitro benzene ring substituents is 1. The van der Waals surface area contributed by atoms with Crippen molar-refractivity contribution >= 4 is 34.7 Å². The van der Waals surface area contributed by atoms with E-state index >= 15 is 0 Å². The van der Waals surface area contributed by atoms with Gasteiger partial charge in [0.25, 0.3) is 17.4 Å². The van der Waals surface area contributed by atoms with E-state index in [0.717, 1.165) is 0 Å². The van der Waals surface area contributed by atoms with Gasteiger partial charge in [-0.2, -0.15) is 0 Å². The van der Waals surface area contributed by atoms with Gasteiger partial charge in [0.05, 0.1) is 16.5 Å². The number of aliphatic hydroxyl groups is 1. The lowest BCUT2D eigenvalue weighted by atomic mass is 9.95. The molecule has 3 rings (SSSR count). The third-order valence-corrected chi connectivity index (χ3v) is 4.05. The van der Waals surface area contributed by atoms with Gasteiger partial charge in [-0.3, -0.25) is 19.7 Å². The number of hydrogen-bond donors (Lipinski definition) is 2. The number of nitrogens with zero attached hydrogens (tertiary/aromatic N) is 1. The number of nitrogens with one attached hydrogen (secondary N) is 1. The first-order chi connectivity index (χ1) is 11.9. The van der Waals surface area contributed by atoms with Crippen molar-refractivity contribution in [2.75, 3.05) is 0 Å². The summed E-state index contributed by atoms with van der Waals surface area (Å²) in [6, 6.07) is 10.6. The van der Waals surface area contributed by atoms with Crippen LogP contribution in [0.5, 0.6) is 0 Å². The minimum Gasteiger partial charge on any atom is -0.507 e. The molecule has 1 atom stereocenters. The lowest BCUT2D eigenvalue weighted by Crippen LogP contribution is -2.21. The number of halogens is 1. The van der Waals surface area contributed by atoms with Gasteiger partial charge >= 0.3 is 0 Å². The van der Waals surface area contributed by atoms with E-state index in [0.29, 0.717) is 16.1 Å². The quantitative estimate of drug-likeness (QED) is 0.288. The highest BCUT2D eigenvalue weighted by Crippen LogP contribution is 2.34. The van der Waals surface area contributed by atoms with Crippen LogP contribution in [0.15, 0.2) is 54.1 Å². The van der Waals surface area contributed by atoms with E-state index in [2.05, 4.69) is 5.32 Å². The Morgan fingerprint density at radius 3 is 2.48 bits per heavy atom. The first kappa shape index (κ1) is 16.7. The molecule has 0 aromatic heterocycles. The maximum atomic E-state index is 12.2. The van der Waals surface area contributed by atoms with Gasteiger partial charge in [-0.1, -0.05) is 23.7 Å². The summed E-state index contributed by atoms with van der Waals surface area (Å²) >= 11 is 5.80. The Bertz CT molecular complexity index is 921. The largest absolute Gasteiger partial charge is 0.507 e. The molecule has 1 amide bonds. The molecule has 2 aromatic carbocycles. The number of amides is 1. The highest BCUT2D eigenvalue weighted by atomic mass is 35.5. The number of carbonyl (C=O) groups is 2. The molecular formula is C17H11ClN2O5. The van der Waals surface area contributed by atoms with Gasteiger partial charge in [-0.05, 0) is 29.8 Å². The molecule has 25 heavy (non-hydrogen) atoms. The summed E-state index contributed by atoms with van der Waals surface area (Å²) < 4.78 is 0. The molecule has 1 fully saturated rings. The molecule has 126 valence electrons. The van der Waals surface area contributed by atoms with Crippen molar-refractivity contribution in [2.24, 2.45) is 0 Å². The van der Waals surface area contributed by atoms with Crippen LogP contribution in [0.3, 0.4) is 0 Å². The summed E-state index contributed by atoms with van der Waals surface area (Å²) in [4.78, 5) is 34.4. The van der Waals surface area contributed by atoms with Crippen molar-refractivity contribution in [1.82, 2.24) is 5.32 Å². The Balaban J connectivity index is 2.12. The Morgan fingerprint density at radius 2 is 1.84 bits per heavy atom. The summed E-state index contributed by atoms with van der Waals surface area (Å²) in [6.45, 7) is 0. The predicted molar refractivity (Wildman–Crippen MR) is 90.0 cm³/mol. The van der Waals surface area contributed by atoms with Crippen molar-refractivity contribution in [3.63, 3.8) is 0 Å². The number of non-ortho nitro benzene ring substituents is 1. The highest BCUT2D eigenvalue weighted by Gasteiger charge is 2.39. The van der Waals surface area contributed by atoms with Gasteiger partial charge in [0, 0.05) is 22.7 Å². The molecule has 0 bridgehead atoms. The number of aliphatic hydroxyl groups excluding tert-OH is 1. The van der Waals surface area contributed by atoms with Crippen molar-refractivity contribution in [3.8, 4) is 0 Å². The third kappa shape index (κ3) is 3.09. The fourth-order valence-electron chi connectivity index (χ4n) is 2.60. The molecule has 1 aliphatic rings. The molecule has 2 N–H and O–H groups in total. The molecule has 0 unspecified atom stereocenters. The standard InChI is InChI=1S/C17H11ClN2O5/c18-11-6-4-9(5-7-11)15(21)13-14(19-17(23)16(13)22)10-2-1-3-12(8-10)20(24)25/h1-8,14,21H,(H,19,23)/t14-/m1/s1. The summed E-state index contributed by atoms with van der Waals surface area (Å²) in [5, 5.41) is 24.3. The maximum absolute atomic E-state index is 12.2. The summed E-state index contributed by atoms with van der Waals surface area (Å²) in [7, 11) is 0. The number of Topliss-reactive ketones (excluding diaryl/α,β-unsaturated/α-hetero) is 1. The van der Waals surface area contributed by atoms with Crippen molar-refractivity contribution in [2.45, 2.75) is 6.04 Å². The average molecular weight is 359 g/mol. The van der Waals surface area contributed by atoms with Gasteiger partial charge in [0.1, 0.15) is 5.76 Å². The molecule has 8 heteroatoms.